The van der Waals surface area contributed by atoms with Gasteiger partial charge in [0.15, 0.2) is 0 Å². The maximum atomic E-state index is 2.63. The van der Waals surface area contributed by atoms with E-state index in [-0.39, 0.29) is 0 Å². The summed E-state index contributed by atoms with van der Waals surface area (Å²) in [5.74, 6) is 0. The third kappa shape index (κ3) is 5.00. The Balaban J connectivity index is 1.97. The number of benzene rings is 3. The van der Waals surface area contributed by atoms with E-state index in [0.717, 1.165) is 0 Å². The van der Waals surface area contributed by atoms with Crippen molar-refractivity contribution in [2.24, 2.45) is 0 Å². The summed E-state index contributed by atoms with van der Waals surface area (Å²) in [6.07, 6.45) is 0. The quantitative estimate of drug-likeness (QED) is 0.518. The van der Waals surface area contributed by atoms with E-state index >= 15 is 0 Å². The Bertz CT molecular complexity index is 652. The zero-order chi connectivity index (χ0) is 17.5. The normalized spacial score (nSPS) is 11.6. The van der Waals surface area contributed by atoms with Crippen molar-refractivity contribution in [3.63, 3.8) is 0 Å². The van der Waals surface area contributed by atoms with Gasteiger partial charge in [0.2, 0.25) is 0 Å². The van der Waals surface area contributed by atoms with Crippen LogP contribution < -0.4 is 0 Å². The third-order valence-corrected chi connectivity index (χ3v) is 17.6. The minimum atomic E-state index is -2.69. The molecule has 0 radical (unpaired) electrons. The second-order valence-corrected chi connectivity index (χ2v) is 17.9. The van der Waals surface area contributed by atoms with Gasteiger partial charge < -0.3 is 0 Å². The van der Waals surface area contributed by atoms with E-state index in [1.165, 1.54) is 29.1 Å². The third-order valence-electron chi connectivity index (χ3n) is 5.08. The molecule has 128 valence electrons. The van der Waals surface area contributed by atoms with Crippen LogP contribution in [-0.4, -0.2) is 16.9 Å². The van der Waals surface area contributed by atoms with Gasteiger partial charge in [-0.05, 0) is 0 Å². The van der Waals surface area contributed by atoms with E-state index in [1.807, 2.05) is 0 Å². The Kier molecular flexibility index (Phi) is 6.40. The molecule has 0 aromatic heterocycles. The Morgan fingerprint density at radius 3 is 1.04 bits per heavy atom. The molecule has 0 atom stereocenters. The fourth-order valence-electron chi connectivity index (χ4n) is 3.59. The molecular weight excluding hydrogens is 381 g/mol. The first-order chi connectivity index (χ1) is 12.2. The molecule has 0 saturated carbocycles. The van der Waals surface area contributed by atoms with Crippen molar-refractivity contribution in [2.75, 3.05) is 14.1 Å². The summed E-state index contributed by atoms with van der Waals surface area (Å²) in [5, 5.41) is 0. The van der Waals surface area contributed by atoms with Crippen molar-refractivity contribution in [1.82, 2.24) is 2.84 Å². The van der Waals surface area contributed by atoms with Gasteiger partial charge in [-0.2, -0.15) is 0 Å². The molecule has 0 heterocycles. The Labute approximate surface area is 157 Å². The first-order valence-electron chi connectivity index (χ1n) is 8.97. The Morgan fingerprint density at radius 2 is 0.800 bits per heavy atom. The van der Waals surface area contributed by atoms with Gasteiger partial charge in [-0.1, -0.05) is 0 Å². The van der Waals surface area contributed by atoms with Gasteiger partial charge in [0.1, 0.15) is 0 Å². The van der Waals surface area contributed by atoms with E-state index in [1.54, 1.807) is 0 Å². The summed E-state index contributed by atoms with van der Waals surface area (Å²) in [4.78, 5) is 0. The number of hydrogen-bond donors (Lipinski definition) is 0. The van der Waals surface area contributed by atoms with Gasteiger partial charge in [0.25, 0.3) is 0 Å². The van der Waals surface area contributed by atoms with Crippen LogP contribution in [-0.2, 0) is 32.9 Å². The van der Waals surface area contributed by atoms with Gasteiger partial charge in [0.05, 0.1) is 0 Å². The zero-order valence-corrected chi connectivity index (χ0v) is 17.7. The predicted octanol–water partition coefficient (Wildman–Crippen LogP) is 5.22. The van der Waals surface area contributed by atoms with Crippen molar-refractivity contribution in [3.8, 4) is 0 Å². The summed E-state index contributed by atoms with van der Waals surface area (Å²) in [5.41, 5.74) is 4.46. The van der Waals surface area contributed by atoms with Crippen LogP contribution >= 0.6 is 0 Å². The minimum absolute atomic E-state index is 1.24. The average molecular weight is 409 g/mol. The second-order valence-electron chi connectivity index (χ2n) is 7.11. The molecule has 0 fully saturated rings. The van der Waals surface area contributed by atoms with Crippen LogP contribution in [0.5, 0.6) is 0 Å². The van der Waals surface area contributed by atoms with E-state index in [2.05, 4.69) is 108 Å². The molecule has 0 aliphatic carbocycles. The van der Waals surface area contributed by atoms with Crippen LogP contribution in [0, 0.1) is 0 Å². The van der Waals surface area contributed by atoms with Crippen LogP contribution in [0.3, 0.4) is 0 Å². The summed E-state index contributed by atoms with van der Waals surface area (Å²) in [6, 6.07) is 33.2. The number of nitrogens with zero attached hydrogens (tertiary/aromatic N) is 1. The second kappa shape index (κ2) is 8.74. The Morgan fingerprint density at radius 1 is 0.520 bits per heavy atom. The fourth-order valence-corrected chi connectivity index (χ4v) is 14.2. The molecular formula is C23H27NZr. The molecule has 0 saturated heterocycles. The molecule has 0 aliphatic rings. The SMILES string of the molecule is C[N](C)[Zr]([CH2]c1ccccc1)([CH2]c1ccccc1)[CH2]c1ccccc1. The van der Waals surface area contributed by atoms with E-state index in [4.69, 9.17) is 0 Å². The first-order valence-corrected chi connectivity index (χ1v) is 15.3. The van der Waals surface area contributed by atoms with E-state index in [9.17, 15) is 0 Å². The molecule has 0 unspecified atom stereocenters. The molecule has 0 aliphatic heterocycles. The first kappa shape index (κ1) is 18.3. The molecule has 0 amide bonds. The molecule has 0 spiro atoms. The molecule has 0 N–H and O–H groups in total. The fraction of sp³-hybridized carbons (Fsp3) is 0.217. The van der Waals surface area contributed by atoms with E-state index < -0.39 is 20.6 Å². The summed E-state index contributed by atoms with van der Waals surface area (Å²) in [6.45, 7) is 0. The number of hydrogen-bond acceptors (Lipinski definition) is 1. The molecule has 2 heteroatoms. The van der Waals surface area contributed by atoms with E-state index in [0.29, 0.717) is 0 Å². The number of rotatable bonds is 7. The standard InChI is InChI=1S/3C7H7.C2H6N.Zr/c3*1-7-5-3-2-4-6-7;1-3-2;/h3*2-6H,1H2;1-2H3;/q;;;-1;+1. The molecule has 1 nitrogen and oxygen atoms in total. The van der Waals surface area contributed by atoms with Crippen molar-refractivity contribution in [2.45, 2.75) is 12.4 Å². The maximum absolute atomic E-state index is 2.69. The molecule has 25 heavy (non-hydrogen) atoms. The van der Waals surface area contributed by atoms with Crippen molar-refractivity contribution < 1.29 is 20.6 Å². The van der Waals surface area contributed by atoms with Crippen molar-refractivity contribution >= 4 is 0 Å². The van der Waals surface area contributed by atoms with Crippen LogP contribution in [0.2, 0.25) is 0 Å². The van der Waals surface area contributed by atoms with Gasteiger partial charge in [-0.3, -0.25) is 0 Å². The monoisotopic (exact) mass is 407 g/mol. The molecule has 3 aromatic carbocycles. The van der Waals surface area contributed by atoms with Gasteiger partial charge in [-0.25, -0.2) is 0 Å². The molecule has 3 aromatic rings. The van der Waals surface area contributed by atoms with Crippen LogP contribution in [0.1, 0.15) is 16.7 Å². The van der Waals surface area contributed by atoms with Crippen LogP contribution in [0.4, 0.5) is 0 Å². The van der Waals surface area contributed by atoms with Crippen molar-refractivity contribution in [3.05, 3.63) is 108 Å². The van der Waals surface area contributed by atoms with Gasteiger partial charge in [-0.15, -0.1) is 0 Å². The topological polar surface area (TPSA) is 3.24 Å². The molecule has 3 rings (SSSR count). The Hall–Kier alpha value is -1.50. The van der Waals surface area contributed by atoms with Crippen molar-refractivity contribution in [1.29, 1.82) is 0 Å². The summed E-state index contributed by atoms with van der Waals surface area (Å²) < 4.78 is 6.35. The van der Waals surface area contributed by atoms with Crippen LogP contribution in [0.15, 0.2) is 91.0 Å². The molecule has 0 bridgehead atoms. The van der Waals surface area contributed by atoms with Crippen LogP contribution in [0.25, 0.3) is 0 Å². The average Bonchev–Trinajstić information content (AvgIpc) is 2.64. The summed E-state index contributed by atoms with van der Waals surface area (Å²) in [7, 11) is 4.62. The predicted molar refractivity (Wildman–Crippen MR) is 104 cm³/mol. The van der Waals surface area contributed by atoms with Gasteiger partial charge in [0, 0.05) is 0 Å². The van der Waals surface area contributed by atoms with Gasteiger partial charge >= 0.3 is 158 Å². The summed E-state index contributed by atoms with van der Waals surface area (Å²) >= 11 is -2.69. The zero-order valence-electron chi connectivity index (χ0n) is 15.2.